The summed E-state index contributed by atoms with van der Waals surface area (Å²) in [6, 6.07) is 0. The maximum atomic E-state index is 4.75. The van der Waals surface area contributed by atoms with Crippen LogP contribution < -0.4 is 5.32 Å². The van der Waals surface area contributed by atoms with Gasteiger partial charge in [-0.1, -0.05) is 12.8 Å². The van der Waals surface area contributed by atoms with Crippen LogP contribution in [0, 0.1) is 5.41 Å². The molecular weight excluding hydrogens is 369 g/mol. The van der Waals surface area contributed by atoms with Crippen LogP contribution in [-0.2, 0) is 0 Å². The Morgan fingerprint density at radius 1 is 1.32 bits per heavy atom. The largest absolute Gasteiger partial charge is 0.357 e. The number of rotatable bonds is 4. The van der Waals surface area contributed by atoms with Crippen molar-refractivity contribution in [1.82, 2.24) is 10.2 Å². The summed E-state index contributed by atoms with van der Waals surface area (Å²) in [5.41, 5.74) is 0.635. The lowest BCUT2D eigenvalue weighted by atomic mass is 9.86. The summed E-state index contributed by atoms with van der Waals surface area (Å²) in [7, 11) is 0. The molecule has 0 aromatic rings. The van der Waals surface area contributed by atoms with Crippen LogP contribution >= 0.6 is 35.7 Å². The maximum Gasteiger partial charge on any atom is 0.193 e. The Balaban J connectivity index is 0.00000180. The zero-order valence-corrected chi connectivity index (χ0v) is 15.4. The van der Waals surface area contributed by atoms with Crippen LogP contribution in [0.4, 0.5) is 0 Å². The summed E-state index contributed by atoms with van der Waals surface area (Å²) in [6.45, 7) is 6.50. The van der Waals surface area contributed by atoms with Gasteiger partial charge in [-0.2, -0.15) is 11.8 Å². The van der Waals surface area contributed by atoms with E-state index < -0.39 is 0 Å². The number of nitrogens with zero attached hydrogens (tertiary/aromatic N) is 2. The molecule has 2 aliphatic rings. The van der Waals surface area contributed by atoms with Crippen LogP contribution in [0.5, 0.6) is 0 Å². The third kappa shape index (κ3) is 4.69. The number of likely N-dealkylation sites (tertiary alicyclic amines) is 1. The Bertz CT molecular complexity index is 290. The third-order valence-corrected chi connectivity index (χ3v) is 4.88. The zero-order chi connectivity index (χ0) is 12.8. The van der Waals surface area contributed by atoms with Gasteiger partial charge in [0.1, 0.15) is 0 Å². The highest BCUT2D eigenvalue weighted by Crippen LogP contribution is 2.45. The molecule has 2 rings (SSSR count). The highest BCUT2D eigenvalue weighted by atomic mass is 127. The van der Waals surface area contributed by atoms with Crippen molar-refractivity contribution < 1.29 is 0 Å². The molecule has 0 amide bonds. The molecule has 1 aliphatic carbocycles. The van der Waals surface area contributed by atoms with Gasteiger partial charge in [-0.05, 0) is 37.9 Å². The average molecular weight is 397 g/mol. The van der Waals surface area contributed by atoms with E-state index >= 15 is 0 Å². The second-order valence-corrected chi connectivity index (χ2v) is 6.59. The van der Waals surface area contributed by atoms with Gasteiger partial charge in [0, 0.05) is 25.4 Å². The molecule has 0 radical (unpaired) electrons. The van der Waals surface area contributed by atoms with Gasteiger partial charge >= 0.3 is 0 Å². The fourth-order valence-corrected chi connectivity index (χ4v) is 3.59. The van der Waals surface area contributed by atoms with Crippen LogP contribution in [0.25, 0.3) is 0 Å². The minimum Gasteiger partial charge on any atom is -0.357 e. The first-order valence-electron chi connectivity index (χ1n) is 7.32. The Labute approximate surface area is 139 Å². The van der Waals surface area contributed by atoms with Crippen LogP contribution in [0.2, 0.25) is 0 Å². The Morgan fingerprint density at radius 3 is 2.68 bits per heavy atom. The number of aliphatic imine (C=N–C) groups is 1. The minimum absolute atomic E-state index is 0. The smallest absolute Gasteiger partial charge is 0.193 e. The first kappa shape index (κ1) is 17.4. The lowest BCUT2D eigenvalue weighted by molar-refractivity contribution is 0.309. The van der Waals surface area contributed by atoms with Crippen molar-refractivity contribution >= 4 is 41.7 Å². The van der Waals surface area contributed by atoms with Crippen molar-refractivity contribution in [2.45, 2.75) is 39.0 Å². The number of nitrogens with one attached hydrogen (secondary N) is 1. The number of halogens is 1. The topological polar surface area (TPSA) is 27.6 Å². The number of thioether (sulfide) groups is 1. The summed E-state index contributed by atoms with van der Waals surface area (Å²) in [6.07, 6.45) is 9.27. The van der Waals surface area contributed by atoms with E-state index in [1.54, 1.807) is 0 Å². The molecule has 1 saturated heterocycles. The minimum atomic E-state index is 0. The zero-order valence-electron chi connectivity index (χ0n) is 12.3. The van der Waals surface area contributed by atoms with Crippen molar-refractivity contribution in [2.75, 3.05) is 38.2 Å². The lowest BCUT2D eigenvalue weighted by Crippen LogP contribution is -2.41. The summed E-state index contributed by atoms with van der Waals surface area (Å²) < 4.78 is 0. The van der Waals surface area contributed by atoms with Gasteiger partial charge in [0.05, 0.1) is 6.54 Å². The fourth-order valence-electron chi connectivity index (χ4n) is 3.32. The van der Waals surface area contributed by atoms with E-state index in [0.29, 0.717) is 5.41 Å². The number of hydrogen-bond donors (Lipinski definition) is 1. The SMILES string of the molecule is CCNC(=NCCSC)N1CCC2(CCCC2)C1.I. The summed E-state index contributed by atoms with van der Waals surface area (Å²) in [4.78, 5) is 7.25. The van der Waals surface area contributed by atoms with E-state index in [1.807, 2.05) is 11.8 Å². The molecule has 0 atom stereocenters. The second-order valence-electron chi connectivity index (χ2n) is 5.61. The number of guanidine groups is 1. The van der Waals surface area contributed by atoms with Gasteiger partial charge in [0.25, 0.3) is 0 Å². The van der Waals surface area contributed by atoms with E-state index in [9.17, 15) is 0 Å². The van der Waals surface area contributed by atoms with Crippen molar-refractivity contribution in [3.63, 3.8) is 0 Å². The molecule has 1 aliphatic heterocycles. The summed E-state index contributed by atoms with van der Waals surface area (Å²) in [5, 5.41) is 3.46. The maximum absolute atomic E-state index is 4.75. The van der Waals surface area contributed by atoms with E-state index in [0.717, 1.165) is 24.8 Å². The predicted octanol–water partition coefficient (Wildman–Crippen LogP) is 3.20. The van der Waals surface area contributed by atoms with Crippen LogP contribution in [0.1, 0.15) is 39.0 Å². The highest BCUT2D eigenvalue weighted by molar-refractivity contribution is 14.0. The first-order chi connectivity index (χ1) is 8.79. The molecule has 0 aromatic carbocycles. The highest BCUT2D eigenvalue weighted by Gasteiger charge is 2.40. The molecular formula is C14H28IN3S. The van der Waals surface area contributed by atoms with Crippen LogP contribution in [-0.4, -0.2) is 49.0 Å². The van der Waals surface area contributed by atoms with Gasteiger partial charge in [-0.15, -0.1) is 24.0 Å². The number of hydrogen-bond acceptors (Lipinski definition) is 2. The van der Waals surface area contributed by atoms with Gasteiger partial charge in [0.15, 0.2) is 5.96 Å². The molecule has 3 nitrogen and oxygen atoms in total. The lowest BCUT2D eigenvalue weighted by Gasteiger charge is -2.25. The van der Waals surface area contributed by atoms with Crippen molar-refractivity contribution in [3.8, 4) is 0 Å². The van der Waals surface area contributed by atoms with E-state index in [4.69, 9.17) is 4.99 Å². The second kappa shape index (κ2) is 8.60. The van der Waals surface area contributed by atoms with Gasteiger partial charge in [-0.25, -0.2) is 0 Å². The van der Waals surface area contributed by atoms with E-state index in [-0.39, 0.29) is 24.0 Å². The average Bonchev–Trinajstić information content (AvgIpc) is 3.00. The third-order valence-electron chi connectivity index (χ3n) is 4.29. The molecule has 1 N–H and O–H groups in total. The van der Waals surface area contributed by atoms with Crippen LogP contribution in [0.15, 0.2) is 4.99 Å². The standard InChI is InChI=1S/C14H27N3S.HI/c1-3-15-13(16-9-11-18-2)17-10-8-14(12-17)6-4-5-7-14;/h3-12H2,1-2H3,(H,15,16);1H. The molecule has 0 aromatic heterocycles. The molecule has 112 valence electrons. The molecule has 5 heteroatoms. The van der Waals surface area contributed by atoms with E-state index in [1.165, 1.54) is 45.2 Å². The predicted molar refractivity (Wildman–Crippen MR) is 96.9 cm³/mol. The monoisotopic (exact) mass is 397 g/mol. The quantitative estimate of drug-likeness (QED) is 0.342. The summed E-state index contributed by atoms with van der Waals surface area (Å²) in [5.74, 6) is 2.27. The van der Waals surface area contributed by atoms with Crippen molar-refractivity contribution in [2.24, 2.45) is 10.4 Å². The van der Waals surface area contributed by atoms with Crippen LogP contribution in [0.3, 0.4) is 0 Å². The molecule has 2 fully saturated rings. The van der Waals surface area contributed by atoms with Crippen molar-refractivity contribution in [3.05, 3.63) is 0 Å². The molecule has 0 unspecified atom stereocenters. The fraction of sp³-hybridized carbons (Fsp3) is 0.929. The molecule has 19 heavy (non-hydrogen) atoms. The Kier molecular flexibility index (Phi) is 7.87. The van der Waals surface area contributed by atoms with Gasteiger partial charge in [0.2, 0.25) is 0 Å². The van der Waals surface area contributed by atoms with E-state index in [2.05, 4.69) is 23.4 Å². The van der Waals surface area contributed by atoms with Gasteiger partial charge < -0.3 is 10.2 Å². The molecule has 1 saturated carbocycles. The molecule has 0 bridgehead atoms. The Hall–Kier alpha value is 0.350. The molecule has 1 heterocycles. The Morgan fingerprint density at radius 2 is 2.05 bits per heavy atom. The normalized spacial score (nSPS) is 21.8. The van der Waals surface area contributed by atoms with Crippen molar-refractivity contribution in [1.29, 1.82) is 0 Å². The first-order valence-corrected chi connectivity index (χ1v) is 8.71. The molecule has 1 spiro atoms. The van der Waals surface area contributed by atoms with Gasteiger partial charge in [-0.3, -0.25) is 4.99 Å². The summed E-state index contributed by atoms with van der Waals surface area (Å²) >= 11 is 1.87.